The van der Waals surface area contributed by atoms with E-state index in [1.54, 1.807) is 0 Å². The maximum atomic E-state index is 10.2. The van der Waals surface area contributed by atoms with E-state index in [2.05, 4.69) is 9.52 Å². The number of hydrogen-bond donors (Lipinski definition) is 0. The first-order chi connectivity index (χ1) is 4.22. The Kier molecular flexibility index (Phi) is 1.03. The van der Waals surface area contributed by atoms with Crippen LogP contribution < -0.4 is 5.76 Å². The van der Waals surface area contributed by atoms with Crippen LogP contribution in [-0.2, 0) is 0 Å². The molecule has 0 amide bonds. The Morgan fingerprint density at radius 3 is 2.78 bits per heavy atom. The van der Waals surface area contributed by atoms with Gasteiger partial charge in [0.25, 0.3) is 0 Å². The normalized spacial score (nSPS) is 9.33. The summed E-state index contributed by atoms with van der Waals surface area (Å²) in [5.74, 6) is -1.10. The number of rotatable bonds is 1. The summed E-state index contributed by atoms with van der Waals surface area (Å²) >= 11 is 0. The highest BCUT2D eigenvalue weighted by atomic mass is 16.7. The summed E-state index contributed by atoms with van der Waals surface area (Å²) in [5, 5.41) is 11.7. The first kappa shape index (κ1) is 5.48. The predicted octanol–water partition coefficient (Wildman–Crippen LogP) is -1.12. The Bertz CT molecular complexity index is 271. The predicted molar refractivity (Wildman–Crippen MR) is 23.2 cm³/mol. The molecule has 0 aromatic carbocycles. The fourth-order valence-electron chi connectivity index (χ4n) is 0.316. The third kappa shape index (κ3) is 0.784. The quantitative estimate of drug-likeness (QED) is 0.355. The van der Waals surface area contributed by atoms with E-state index in [0.29, 0.717) is 6.39 Å². The lowest BCUT2D eigenvalue weighted by Gasteiger charge is -1.82. The third-order valence-corrected chi connectivity index (χ3v) is 0.628. The first-order valence-electron chi connectivity index (χ1n) is 1.89. The minimum Gasteiger partial charge on any atom is -0.369 e. The largest absolute Gasteiger partial charge is 0.500 e. The molecule has 9 heavy (non-hydrogen) atoms. The van der Waals surface area contributed by atoms with Crippen LogP contribution in [0.1, 0.15) is 0 Å². The molecular weight excluding hydrogens is 130 g/mol. The summed E-state index contributed by atoms with van der Waals surface area (Å²) in [6.45, 7) is 0. The van der Waals surface area contributed by atoms with Crippen molar-refractivity contribution in [3.8, 4) is 0 Å². The molecule has 1 aromatic heterocycles. The minimum atomic E-state index is -1.10. The zero-order valence-electron chi connectivity index (χ0n) is 4.05. The average molecular weight is 131 g/mol. The van der Waals surface area contributed by atoms with Gasteiger partial charge >= 0.3 is 12.1 Å². The molecule has 0 bridgehead atoms. The van der Waals surface area contributed by atoms with Crippen LogP contribution in [0.2, 0.25) is 0 Å². The standard InChI is InChI=1S/C2HN3O4/c6-2-4(5(7)8)3-1-9-2/h1H. The molecule has 0 aliphatic rings. The molecule has 7 nitrogen and oxygen atoms in total. The van der Waals surface area contributed by atoms with Crippen LogP contribution in [0.4, 0.5) is 0 Å². The van der Waals surface area contributed by atoms with Crippen LogP contribution in [0.25, 0.3) is 0 Å². The molecule has 0 spiro atoms. The van der Waals surface area contributed by atoms with Crippen LogP contribution in [0.3, 0.4) is 0 Å². The Balaban J connectivity index is 3.24. The third-order valence-electron chi connectivity index (χ3n) is 0.628. The topological polar surface area (TPSA) is 91.2 Å². The smallest absolute Gasteiger partial charge is 0.369 e. The monoisotopic (exact) mass is 131 g/mol. The summed E-state index contributed by atoms with van der Waals surface area (Å²) < 4.78 is 3.98. The van der Waals surface area contributed by atoms with E-state index in [0.717, 1.165) is 0 Å². The molecule has 1 aromatic rings. The van der Waals surface area contributed by atoms with E-state index in [9.17, 15) is 14.9 Å². The van der Waals surface area contributed by atoms with Crippen molar-refractivity contribution in [2.24, 2.45) is 0 Å². The second kappa shape index (κ2) is 1.69. The Morgan fingerprint density at radius 1 is 1.89 bits per heavy atom. The highest BCUT2D eigenvalue weighted by molar-refractivity contribution is 4.42. The van der Waals surface area contributed by atoms with Crippen molar-refractivity contribution >= 4 is 0 Å². The number of aromatic nitrogens is 2. The first-order valence-corrected chi connectivity index (χ1v) is 1.89. The average Bonchev–Trinajstić information content (AvgIpc) is 2.13. The zero-order valence-corrected chi connectivity index (χ0v) is 4.05. The molecule has 7 heteroatoms. The van der Waals surface area contributed by atoms with Gasteiger partial charge in [0, 0.05) is 0 Å². The van der Waals surface area contributed by atoms with Gasteiger partial charge in [-0.3, -0.25) is 0 Å². The van der Waals surface area contributed by atoms with E-state index >= 15 is 0 Å². The maximum absolute atomic E-state index is 10.2. The summed E-state index contributed by atoms with van der Waals surface area (Å²) in [7, 11) is 0. The zero-order chi connectivity index (χ0) is 6.85. The molecule has 1 heterocycles. The van der Waals surface area contributed by atoms with Crippen molar-refractivity contribution in [1.82, 2.24) is 9.89 Å². The summed E-state index contributed by atoms with van der Waals surface area (Å²) in [5.41, 5.74) is 0. The molecule has 1 rings (SSSR count). The van der Waals surface area contributed by atoms with Crippen LogP contribution >= 0.6 is 0 Å². The molecule has 0 atom stereocenters. The van der Waals surface area contributed by atoms with Crippen LogP contribution in [0.5, 0.6) is 0 Å². The molecule has 0 aliphatic heterocycles. The molecule has 0 fully saturated rings. The van der Waals surface area contributed by atoms with Gasteiger partial charge in [0.05, 0.1) is 10.1 Å². The minimum absolute atomic E-state index is 0. The van der Waals surface area contributed by atoms with Gasteiger partial charge < -0.3 is 14.5 Å². The Hall–Kier alpha value is -1.66. The van der Waals surface area contributed by atoms with Gasteiger partial charge in [-0.15, -0.1) is 0 Å². The van der Waals surface area contributed by atoms with Crippen molar-refractivity contribution in [3.05, 3.63) is 27.1 Å². The summed E-state index contributed by atoms with van der Waals surface area (Å²) in [6.07, 6.45) is 0.700. The highest BCUT2D eigenvalue weighted by Crippen LogP contribution is 1.70. The van der Waals surface area contributed by atoms with Gasteiger partial charge in [0.2, 0.25) is 0 Å². The lowest BCUT2D eigenvalue weighted by atomic mass is 11.4. The molecule has 0 unspecified atom stereocenters. The molecule has 0 saturated heterocycles. The number of nitro groups is 1. The van der Waals surface area contributed by atoms with Crippen molar-refractivity contribution in [2.75, 3.05) is 0 Å². The molecule has 0 radical (unpaired) electrons. The maximum Gasteiger partial charge on any atom is 0.500 e. The van der Waals surface area contributed by atoms with Gasteiger partial charge in [0.15, 0.2) is 0 Å². The Labute approximate surface area is 47.6 Å². The number of hydrogen-bond acceptors (Lipinski definition) is 5. The van der Waals surface area contributed by atoms with E-state index < -0.39 is 10.8 Å². The summed E-state index contributed by atoms with van der Waals surface area (Å²) in [4.78, 5) is 19.9. The number of nitrogens with zero attached hydrogens (tertiary/aromatic N) is 3. The highest BCUT2D eigenvalue weighted by Gasteiger charge is 2.07. The fraction of sp³-hybridized carbons (Fsp3) is 0. The van der Waals surface area contributed by atoms with Crippen LogP contribution in [-0.4, -0.2) is 14.9 Å². The molecule has 48 valence electrons. The molecular formula is C2HN3O4. The van der Waals surface area contributed by atoms with Gasteiger partial charge in [-0.1, -0.05) is 0 Å². The van der Waals surface area contributed by atoms with E-state index in [1.807, 2.05) is 0 Å². The van der Waals surface area contributed by atoms with Crippen molar-refractivity contribution in [3.63, 3.8) is 0 Å². The lowest BCUT2D eigenvalue weighted by molar-refractivity contribution is -0.556. The van der Waals surface area contributed by atoms with E-state index in [4.69, 9.17) is 0 Å². The van der Waals surface area contributed by atoms with E-state index in [1.165, 1.54) is 0 Å². The van der Waals surface area contributed by atoms with Crippen molar-refractivity contribution in [2.45, 2.75) is 0 Å². The van der Waals surface area contributed by atoms with Gasteiger partial charge in [-0.05, 0) is 0 Å². The van der Waals surface area contributed by atoms with Crippen molar-refractivity contribution < 1.29 is 9.45 Å². The fourth-order valence-corrected chi connectivity index (χ4v) is 0.316. The lowest BCUT2D eigenvalue weighted by Crippen LogP contribution is -2.22. The SMILES string of the molecule is O=c1ocnn1[N+](=O)[O-]. The summed E-state index contributed by atoms with van der Waals surface area (Å²) in [6, 6.07) is 0. The van der Waals surface area contributed by atoms with Gasteiger partial charge in [-0.25, -0.2) is 4.79 Å². The van der Waals surface area contributed by atoms with Crippen molar-refractivity contribution in [1.29, 1.82) is 0 Å². The van der Waals surface area contributed by atoms with Gasteiger partial charge in [-0.2, -0.15) is 0 Å². The van der Waals surface area contributed by atoms with Crippen LogP contribution in [0.15, 0.2) is 15.6 Å². The van der Waals surface area contributed by atoms with E-state index in [-0.39, 0.29) is 4.79 Å². The van der Waals surface area contributed by atoms with Gasteiger partial charge in [0.1, 0.15) is 4.79 Å². The molecule has 0 aliphatic carbocycles. The second-order valence-electron chi connectivity index (χ2n) is 1.13. The molecule has 0 saturated carbocycles. The Morgan fingerprint density at radius 2 is 2.56 bits per heavy atom. The molecule has 0 N–H and O–H groups in total. The van der Waals surface area contributed by atoms with Crippen LogP contribution in [0, 0.1) is 10.1 Å². The second-order valence-corrected chi connectivity index (χ2v) is 1.13.